The number of methoxy groups -OCH3 is 1. The van der Waals surface area contributed by atoms with E-state index in [1.165, 1.54) is 33.6 Å². The van der Waals surface area contributed by atoms with Gasteiger partial charge in [0.2, 0.25) is 5.13 Å². The number of hydrogen-bond acceptors (Lipinski definition) is 9. The number of rotatable bonds is 5. The van der Waals surface area contributed by atoms with Crippen LogP contribution >= 0.6 is 34.4 Å². The molecule has 3 heterocycles. The van der Waals surface area contributed by atoms with Crippen LogP contribution in [0.25, 0.3) is 10.2 Å². The first-order valence-electron chi connectivity index (χ1n) is 8.48. The predicted molar refractivity (Wildman–Crippen MR) is 110 cm³/mol. The van der Waals surface area contributed by atoms with Gasteiger partial charge in [0.15, 0.2) is 4.34 Å². The van der Waals surface area contributed by atoms with Crippen LogP contribution in [0.4, 0.5) is 10.8 Å². The highest BCUT2D eigenvalue weighted by Gasteiger charge is 2.22. The van der Waals surface area contributed by atoms with E-state index in [4.69, 9.17) is 4.74 Å². The molecular formula is C18H15N5OS3. The van der Waals surface area contributed by atoms with Crippen LogP contribution in [0, 0.1) is 0 Å². The Balaban J connectivity index is 1.42. The van der Waals surface area contributed by atoms with Crippen molar-refractivity contribution >= 4 is 55.5 Å². The lowest BCUT2D eigenvalue weighted by Crippen LogP contribution is -1.93. The zero-order valence-corrected chi connectivity index (χ0v) is 16.9. The highest BCUT2D eigenvalue weighted by Crippen LogP contribution is 2.42. The summed E-state index contributed by atoms with van der Waals surface area (Å²) < 4.78 is 6.23. The van der Waals surface area contributed by atoms with E-state index < -0.39 is 0 Å². The molecule has 1 aliphatic rings. The van der Waals surface area contributed by atoms with Crippen LogP contribution in [0.2, 0.25) is 0 Å². The second-order valence-corrected chi connectivity index (χ2v) is 9.31. The van der Waals surface area contributed by atoms with E-state index in [0.29, 0.717) is 0 Å². The van der Waals surface area contributed by atoms with Crippen molar-refractivity contribution in [1.29, 1.82) is 0 Å². The second kappa shape index (κ2) is 7.06. The maximum Gasteiger partial charge on any atom is 0.211 e. The van der Waals surface area contributed by atoms with Gasteiger partial charge in [0, 0.05) is 10.3 Å². The molecule has 0 fully saturated rings. The molecule has 0 bridgehead atoms. The average molecular weight is 414 g/mol. The monoisotopic (exact) mass is 413 g/mol. The Kier molecular flexibility index (Phi) is 4.42. The number of aryl methyl sites for hydroxylation is 2. The number of para-hydroxylation sites is 2. The number of aromatic nitrogens is 4. The second-order valence-electron chi connectivity index (χ2n) is 6.02. The fraction of sp³-hybridized carbons (Fsp3) is 0.222. The van der Waals surface area contributed by atoms with E-state index in [-0.39, 0.29) is 0 Å². The smallest absolute Gasteiger partial charge is 0.211 e. The van der Waals surface area contributed by atoms with Gasteiger partial charge in [-0.25, -0.2) is 9.97 Å². The standard InChI is InChI=1S/C18H15N5OS3/c1-24-12-7-3-2-6-11(12)21-17-22-23-18(27-17)26-16-14-10-5-4-8-13(10)25-15(14)19-9-20-16/h2-3,6-7,9H,4-5,8H2,1H3,(H,21,22). The minimum atomic E-state index is 0.725. The van der Waals surface area contributed by atoms with Gasteiger partial charge in [0.05, 0.1) is 12.8 Å². The Morgan fingerprint density at radius 1 is 1.11 bits per heavy atom. The van der Waals surface area contributed by atoms with Crippen LogP contribution in [0.5, 0.6) is 5.75 Å². The molecule has 5 rings (SSSR count). The van der Waals surface area contributed by atoms with Crippen molar-refractivity contribution in [2.45, 2.75) is 28.6 Å². The Labute approximate surface area is 168 Å². The Hall–Kier alpha value is -2.23. The first-order valence-corrected chi connectivity index (χ1v) is 10.9. The van der Waals surface area contributed by atoms with Crippen molar-refractivity contribution in [2.24, 2.45) is 0 Å². The lowest BCUT2D eigenvalue weighted by molar-refractivity contribution is 0.417. The molecule has 0 saturated heterocycles. The number of nitrogens with zero attached hydrogens (tertiary/aromatic N) is 4. The molecule has 0 saturated carbocycles. The van der Waals surface area contributed by atoms with Gasteiger partial charge in [0.1, 0.15) is 21.9 Å². The molecule has 1 aromatic carbocycles. The van der Waals surface area contributed by atoms with E-state index in [1.54, 1.807) is 36.5 Å². The molecule has 3 aromatic heterocycles. The molecule has 0 aliphatic heterocycles. The van der Waals surface area contributed by atoms with Crippen molar-refractivity contribution in [3.8, 4) is 5.75 Å². The van der Waals surface area contributed by atoms with E-state index in [9.17, 15) is 0 Å². The summed E-state index contributed by atoms with van der Waals surface area (Å²) in [4.78, 5) is 11.5. The summed E-state index contributed by atoms with van der Waals surface area (Å²) in [6, 6.07) is 7.75. The quantitative estimate of drug-likeness (QED) is 0.465. The largest absolute Gasteiger partial charge is 0.495 e. The van der Waals surface area contributed by atoms with E-state index >= 15 is 0 Å². The van der Waals surface area contributed by atoms with Crippen molar-refractivity contribution in [1.82, 2.24) is 20.2 Å². The SMILES string of the molecule is COc1ccccc1Nc1nnc(Sc2ncnc3sc4c(c23)CCC4)s1. The third-order valence-electron chi connectivity index (χ3n) is 4.41. The number of ether oxygens (including phenoxy) is 1. The minimum Gasteiger partial charge on any atom is -0.495 e. The fourth-order valence-electron chi connectivity index (χ4n) is 3.22. The fourth-order valence-corrected chi connectivity index (χ4v) is 6.32. The normalized spacial score (nSPS) is 13.1. The van der Waals surface area contributed by atoms with Gasteiger partial charge >= 0.3 is 0 Å². The summed E-state index contributed by atoms with van der Waals surface area (Å²) in [7, 11) is 1.65. The maximum atomic E-state index is 5.37. The topological polar surface area (TPSA) is 72.8 Å². The molecule has 0 amide bonds. The molecule has 0 spiro atoms. The molecule has 1 aliphatic carbocycles. The number of hydrogen-bond donors (Lipinski definition) is 1. The molecule has 6 nitrogen and oxygen atoms in total. The molecule has 0 radical (unpaired) electrons. The zero-order valence-electron chi connectivity index (χ0n) is 14.4. The molecule has 1 N–H and O–H groups in total. The van der Waals surface area contributed by atoms with Crippen LogP contribution in [0.3, 0.4) is 0 Å². The third kappa shape index (κ3) is 3.15. The van der Waals surface area contributed by atoms with Crippen LogP contribution in [-0.4, -0.2) is 27.3 Å². The van der Waals surface area contributed by atoms with Gasteiger partial charge in [-0.15, -0.1) is 21.5 Å². The summed E-state index contributed by atoms with van der Waals surface area (Å²) in [6.45, 7) is 0. The first kappa shape index (κ1) is 16.9. The van der Waals surface area contributed by atoms with E-state index in [0.717, 1.165) is 43.6 Å². The summed E-state index contributed by atoms with van der Waals surface area (Å²) in [5.74, 6) is 0.772. The maximum absolute atomic E-state index is 5.37. The number of nitrogens with one attached hydrogen (secondary N) is 1. The average Bonchev–Trinajstić information content (AvgIpc) is 3.38. The number of anilines is 2. The van der Waals surface area contributed by atoms with Gasteiger partial charge in [-0.1, -0.05) is 23.5 Å². The van der Waals surface area contributed by atoms with E-state index in [2.05, 4.69) is 25.5 Å². The van der Waals surface area contributed by atoms with Gasteiger partial charge < -0.3 is 10.1 Å². The lowest BCUT2D eigenvalue weighted by atomic mass is 10.2. The van der Waals surface area contributed by atoms with Crippen molar-refractivity contribution in [3.63, 3.8) is 0 Å². The third-order valence-corrected chi connectivity index (χ3v) is 7.50. The summed E-state index contributed by atoms with van der Waals surface area (Å²) in [5.41, 5.74) is 2.29. The zero-order chi connectivity index (χ0) is 18.2. The van der Waals surface area contributed by atoms with Gasteiger partial charge in [-0.2, -0.15) is 0 Å². The van der Waals surface area contributed by atoms with Crippen molar-refractivity contribution in [3.05, 3.63) is 41.0 Å². The van der Waals surface area contributed by atoms with Crippen LogP contribution < -0.4 is 10.1 Å². The Bertz CT molecular complexity index is 1120. The Morgan fingerprint density at radius 2 is 2.04 bits per heavy atom. The predicted octanol–water partition coefficient (Wildman–Crippen LogP) is 4.93. The number of benzene rings is 1. The summed E-state index contributed by atoms with van der Waals surface area (Å²) in [6.07, 6.45) is 5.15. The van der Waals surface area contributed by atoms with Gasteiger partial charge in [0.25, 0.3) is 0 Å². The van der Waals surface area contributed by atoms with Gasteiger partial charge in [-0.05, 0) is 48.7 Å². The lowest BCUT2D eigenvalue weighted by Gasteiger charge is -2.07. The molecule has 0 unspecified atom stereocenters. The summed E-state index contributed by atoms with van der Waals surface area (Å²) >= 11 is 4.86. The highest BCUT2D eigenvalue weighted by molar-refractivity contribution is 8.01. The molecule has 9 heteroatoms. The van der Waals surface area contributed by atoms with Gasteiger partial charge in [-0.3, -0.25) is 0 Å². The molecular weight excluding hydrogens is 398 g/mol. The number of fused-ring (bicyclic) bond motifs is 3. The van der Waals surface area contributed by atoms with Crippen LogP contribution in [0.1, 0.15) is 16.9 Å². The molecule has 0 atom stereocenters. The minimum absolute atomic E-state index is 0.725. The van der Waals surface area contributed by atoms with E-state index in [1.807, 2.05) is 24.3 Å². The Morgan fingerprint density at radius 3 is 2.96 bits per heavy atom. The molecule has 4 aromatic rings. The van der Waals surface area contributed by atoms with Crippen molar-refractivity contribution in [2.75, 3.05) is 12.4 Å². The first-order chi connectivity index (χ1) is 13.3. The van der Waals surface area contributed by atoms with Crippen LogP contribution in [0.15, 0.2) is 40.0 Å². The highest BCUT2D eigenvalue weighted by atomic mass is 32.2. The summed E-state index contributed by atoms with van der Waals surface area (Å²) in [5, 5.41) is 14.8. The van der Waals surface area contributed by atoms with Crippen molar-refractivity contribution < 1.29 is 4.74 Å². The molecule has 27 heavy (non-hydrogen) atoms. The number of thiophene rings is 1. The van der Waals surface area contributed by atoms with Crippen LogP contribution in [-0.2, 0) is 12.8 Å². The molecule has 136 valence electrons.